The molecule has 1 aromatic heterocycles. The van der Waals surface area contributed by atoms with E-state index in [1.807, 2.05) is 6.92 Å². The first-order valence-electron chi connectivity index (χ1n) is 3.79. The van der Waals surface area contributed by atoms with Crippen LogP contribution in [0.5, 0.6) is 0 Å². The molecular weight excluding hydrogens is 152 g/mol. The minimum absolute atomic E-state index is 0.0376. The monoisotopic (exact) mass is 164 g/mol. The summed E-state index contributed by atoms with van der Waals surface area (Å²) in [4.78, 5) is 11.4. The quantitative estimate of drug-likeness (QED) is 0.497. The van der Waals surface area contributed by atoms with E-state index in [0.717, 1.165) is 5.76 Å². The molecule has 2 heteroatoms. The molecule has 0 saturated heterocycles. The average molecular weight is 164 g/mol. The number of carbonyl (C=O) groups is 1. The molecule has 0 aliphatic heterocycles. The Morgan fingerprint density at radius 1 is 1.50 bits per heavy atom. The number of carbonyl (C=O) groups excluding carboxylic acids is 1. The molecule has 0 N–H and O–H groups in total. The highest BCUT2D eigenvalue weighted by molar-refractivity contribution is 6.08. The van der Waals surface area contributed by atoms with Crippen LogP contribution in [0, 0.1) is 13.8 Å². The number of ketones is 1. The van der Waals surface area contributed by atoms with Gasteiger partial charge in [-0.2, -0.15) is 0 Å². The number of furan rings is 1. The van der Waals surface area contributed by atoms with E-state index in [-0.39, 0.29) is 5.78 Å². The molecule has 0 aliphatic rings. The van der Waals surface area contributed by atoms with Gasteiger partial charge < -0.3 is 4.42 Å². The van der Waals surface area contributed by atoms with Crippen molar-refractivity contribution in [3.05, 3.63) is 35.3 Å². The normalized spacial score (nSPS) is 9.92. The molecule has 1 aromatic rings. The number of hydrogen-bond acceptors (Lipinski definition) is 2. The molecule has 0 aromatic carbocycles. The second-order valence-electron chi connectivity index (χ2n) is 2.94. The zero-order valence-corrected chi connectivity index (χ0v) is 7.60. The largest absolute Gasteiger partial charge is 0.466 e. The molecule has 12 heavy (non-hydrogen) atoms. The fourth-order valence-electron chi connectivity index (χ4n) is 1.09. The Bertz CT molecular complexity index is 332. The summed E-state index contributed by atoms with van der Waals surface area (Å²) in [6.07, 6.45) is 0. The van der Waals surface area contributed by atoms with Gasteiger partial charge in [-0.05, 0) is 32.4 Å². The predicted octanol–water partition coefficient (Wildman–Crippen LogP) is 2.66. The van der Waals surface area contributed by atoms with Gasteiger partial charge in [0, 0.05) is 0 Å². The summed E-state index contributed by atoms with van der Waals surface area (Å²) in [7, 11) is 0. The highest BCUT2D eigenvalue weighted by Gasteiger charge is 2.13. The summed E-state index contributed by atoms with van der Waals surface area (Å²) in [6.45, 7) is 8.89. The van der Waals surface area contributed by atoms with Crippen molar-refractivity contribution in [1.82, 2.24) is 0 Å². The Hall–Kier alpha value is -1.31. The zero-order chi connectivity index (χ0) is 9.30. The number of hydrogen-bond donors (Lipinski definition) is 0. The van der Waals surface area contributed by atoms with Gasteiger partial charge in [0.25, 0.3) is 0 Å². The highest BCUT2D eigenvalue weighted by Crippen LogP contribution is 2.16. The van der Waals surface area contributed by atoms with Crippen LogP contribution in [0.1, 0.15) is 28.8 Å². The lowest BCUT2D eigenvalue weighted by Crippen LogP contribution is -1.98. The summed E-state index contributed by atoms with van der Waals surface area (Å²) >= 11 is 0. The Balaban J connectivity index is 3.11. The van der Waals surface area contributed by atoms with Crippen molar-refractivity contribution in [2.45, 2.75) is 20.8 Å². The minimum Gasteiger partial charge on any atom is -0.466 e. The third kappa shape index (κ3) is 1.47. The van der Waals surface area contributed by atoms with Gasteiger partial charge in [0.05, 0.1) is 5.56 Å². The van der Waals surface area contributed by atoms with Crippen molar-refractivity contribution >= 4 is 5.78 Å². The van der Waals surface area contributed by atoms with E-state index in [4.69, 9.17) is 4.42 Å². The maximum Gasteiger partial charge on any atom is 0.191 e. The fraction of sp³-hybridized carbons (Fsp3) is 0.300. The lowest BCUT2D eigenvalue weighted by Gasteiger charge is -1.94. The van der Waals surface area contributed by atoms with Crippen LogP contribution in [-0.4, -0.2) is 5.78 Å². The van der Waals surface area contributed by atoms with Crippen molar-refractivity contribution in [1.29, 1.82) is 0 Å². The molecule has 0 saturated carbocycles. The molecule has 0 amide bonds. The summed E-state index contributed by atoms with van der Waals surface area (Å²) in [6, 6.07) is 1.74. The molecule has 0 unspecified atom stereocenters. The number of rotatable bonds is 2. The first-order chi connectivity index (χ1) is 5.52. The van der Waals surface area contributed by atoms with Crippen molar-refractivity contribution < 1.29 is 9.21 Å². The van der Waals surface area contributed by atoms with E-state index < -0.39 is 0 Å². The summed E-state index contributed by atoms with van der Waals surface area (Å²) in [5.74, 6) is 1.39. The number of aryl methyl sites for hydroxylation is 2. The summed E-state index contributed by atoms with van der Waals surface area (Å²) in [5, 5.41) is 0. The highest BCUT2D eigenvalue weighted by atomic mass is 16.3. The predicted molar refractivity (Wildman–Crippen MR) is 47.3 cm³/mol. The molecule has 0 spiro atoms. The van der Waals surface area contributed by atoms with Gasteiger partial charge >= 0.3 is 0 Å². The van der Waals surface area contributed by atoms with Crippen LogP contribution in [0.2, 0.25) is 0 Å². The SMILES string of the molecule is C=C(C)C(=O)c1cc(C)oc1C. The maximum atomic E-state index is 11.4. The van der Waals surface area contributed by atoms with E-state index in [9.17, 15) is 4.79 Å². The van der Waals surface area contributed by atoms with E-state index in [2.05, 4.69) is 6.58 Å². The van der Waals surface area contributed by atoms with Crippen LogP contribution < -0.4 is 0 Å². The van der Waals surface area contributed by atoms with Crippen LogP contribution in [0.25, 0.3) is 0 Å². The molecule has 2 nitrogen and oxygen atoms in total. The Labute approximate surface area is 71.9 Å². The molecule has 1 rings (SSSR count). The van der Waals surface area contributed by atoms with Gasteiger partial charge in [-0.1, -0.05) is 6.58 Å². The van der Waals surface area contributed by atoms with Gasteiger partial charge in [0.15, 0.2) is 5.78 Å². The van der Waals surface area contributed by atoms with E-state index in [1.54, 1.807) is 19.9 Å². The third-order valence-electron chi connectivity index (χ3n) is 1.67. The van der Waals surface area contributed by atoms with E-state index in [1.165, 1.54) is 0 Å². The number of allylic oxidation sites excluding steroid dienone is 1. The summed E-state index contributed by atoms with van der Waals surface area (Å²) in [5.41, 5.74) is 1.17. The topological polar surface area (TPSA) is 30.2 Å². The first kappa shape index (κ1) is 8.78. The minimum atomic E-state index is -0.0376. The molecule has 0 radical (unpaired) electrons. The molecule has 0 bridgehead atoms. The van der Waals surface area contributed by atoms with Gasteiger partial charge in [-0.25, -0.2) is 0 Å². The first-order valence-corrected chi connectivity index (χ1v) is 3.79. The van der Waals surface area contributed by atoms with Gasteiger partial charge in [0.2, 0.25) is 0 Å². The van der Waals surface area contributed by atoms with Gasteiger partial charge in [-0.15, -0.1) is 0 Å². The van der Waals surface area contributed by atoms with Crippen LogP contribution in [0.3, 0.4) is 0 Å². The molecule has 0 aliphatic carbocycles. The third-order valence-corrected chi connectivity index (χ3v) is 1.67. The Kier molecular flexibility index (Phi) is 2.18. The fourth-order valence-corrected chi connectivity index (χ4v) is 1.09. The lowest BCUT2D eigenvalue weighted by atomic mass is 10.1. The standard InChI is InChI=1S/C10H12O2/c1-6(2)10(11)9-5-7(3)12-8(9)4/h5H,1H2,2-4H3. The smallest absolute Gasteiger partial charge is 0.191 e. The zero-order valence-electron chi connectivity index (χ0n) is 7.60. The average Bonchev–Trinajstić information content (AvgIpc) is 2.28. The van der Waals surface area contributed by atoms with E-state index >= 15 is 0 Å². The van der Waals surface area contributed by atoms with Crippen LogP contribution in [0.15, 0.2) is 22.6 Å². The van der Waals surface area contributed by atoms with Crippen molar-refractivity contribution in [3.63, 3.8) is 0 Å². The summed E-state index contributed by atoms with van der Waals surface area (Å²) < 4.78 is 5.22. The van der Waals surface area contributed by atoms with E-state index in [0.29, 0.717) is 16.9 Å². The lowest BCUT2D eigenvalue weighted by molar-refractivity contribution is 0.103. The maximum absolute atomic E-state index is 11.4. The molecule has 0 fully saturated rings. The Morgan fingerprint density at radius 2 is 2.08 bits per heavy atom. The van der Waals surface area contributed by atoms with Crippen LogP contribution >= 0.6 is 0 Å². The number of Topliss-reactive ketones (excluding diaryl/α,β-unsaturated/α-hetero) is 1. The van der Waals surface area contributed by atoms with Crippen molar-refractivity contribution in [2.24, 2.45) is 0 Å². The van der Waals surface area contributed by atoms with Crippen LogP contribution in [0.4, 0.5) is 0 Å². The van der Waals surface area contributed by atoms with Crippen LogP contribution in [-0.2, 0) is 0 Å². The second kappa shape index (κ2) is 2.97. The Morgan fingerprint density at radius 3 is 2.42 bits per heavy atom. The molecular formula is C10H12O2. The van der Waals surface area contributed by atoms with Gasteiger partial charge in [-0.3, -0.25) is 4.79 Å². The molecule has 64 valence electrons. The van der Waals surface area contributed by atoms with Gasteiger partial charge in [0.1, 0.15) is 11.5 Å². The molecule has 0 atom stereocenters. The second-order valence-corrected chi connectivity index (χ2v) is 2.94. The van der Waals surface area contributed by atoms with Crippen molar-refractivity contribution in [2.75, 3.05) is 0 Å². The van der Waals surface area contributed by atoms with Crippen molar-refractivity contribution in [3.8, 4) is 0 Å². The molecule has 1 heterocycles.